The molecule has 0 spiro atoms. The second-order valence-electron chi connectivity index (χ2n) is 5.68. The van der Waals surface area contributed by atoms with Gasteiger partial charge in [-0.25, -0.2) is 0 Å². The number of rotatable bonds is 3. The van der Waals surface area contributed by atoms with Gasteiger partial charge < -0.3 is 5.73 Å². The number of nitrogens with zero attached hydrogens (tertiary/aromatic N) is 2. The molecule has 2 N–H and O–H groups in total. The van der Waals surface area contributed by atoms with Gasteiger partial charge in [-0.1, -0.05) is 26.7 Å². The Balaban J connectivity index is 2.12. The molecule has 3 nitrogen and oxygen atoms in total. The van der Waals surface area contributed by atoms with Gasteiger partial charge in [-0.3, -0.25) is 4.68 Å². The molecule has 1 heterocycles. The quantitative estimate of drug-likeness (QED) is 0.818. The van der Waals surface area contributed by atoms with Gasteiger partial charge in [0.1, 0.15) is 0 Å². The van der Waals surface area contributed by atoms with Crippen LogP contribution in [0.25, 0.3) is 0 Å². The first-order valence-corrected chi connectivity index (χ1v) is 6.96. The molecular formula is C14H25N3. The van der Waals surface area contributed by atoms with Gasteiger partial charge in [0.25, 0.3) is 0 Å². The third kappa shape index (κ3) is 2.89. The predicted octanol–water partition coefficient (Wildman–Crippen LogP) is 3.05. The van der Waals surface area contributed by atoms with Crippen molar-refractivity contribution in [3.8, 4) is 0 Å². The molecule has 3 heteroatoms. The molecule has 0 aromatic carbocycles. The van der Waals surface area contributed by atoms with E-state index in [1.807, 2.05) is 10.9 Å². The number of nitrogens with two attached hydrogens (primary N) is 1. The minimum atomic E-state index is -0.128. The second kappa shape index (κ2) is 5.21. The summed E-state index contributed by atoms with van der Waals surface area (Å²) in [5.41, 5.74) is 7.71. The van der Waals surface area contributed by atoms with E-state index in [9.17, 15) is 0 Å². The van der Waals surface area contributed by atoms with E-state index in [0.29, 0.717) is 0 Å². The number of aromatic nitrogens is 2. The zero-order valence-electron chi connectivity index (χ0n) is 11.2. The van der Waals surface area contributed by atoms with Crippen molar-refractivity contribution in [1.29, 1.82) is 0 Å². The van der Waals surface area contributed by atoms with Crippen molar-refractivity contribution in [2.75, 3.05) is 0 Å². The van der Waals surface area contributed by atoms with Gasteiger partial charge in [0, 0.05) is 23.8 Å². The monoisotopic (exact) mass is 235 g/mol. The lowest BCUT2D eigenvalue weighted by Crippen LogP contribution is -2.35. The second-order valence-corrected chi connectivity index (χ2v) is 5.68. The van der Waals surface area contributed by atoms with Crippen LogP contribution in [-0.2, 0) is 12.1 Å². The Bertz CT molecular complexity index is 358. The van der Waals surface area contributed by atoms with E-state index in [0.717, 1.165) is 31.7 Å². The van der Waals surface area contributed by atoms with Crippen LogP contribution >= 0.6 is 0 Å². The van der Waals surface area contributed by atoms with Gasteiger partial charge in [0.15, 0.2) is 0 Å². The Hall–Kier alpha value is -0.830. The average molecular weight is 235 g/mol. The lowest BCUT2D eigenvalue weighted by Gasteiger charge is -2.26. The van der Waals surface area contributed by atoms with Gasteiger partial charge in [-0.05, 0) is 31.6 Å². The largest absolute Gasteiger partial charge is 0.321 e. The fraction of sp³-hybridized carbons (Fsp3) is 0.786. The van der Waals surface area contributed by atoms with Gasteiger partial charge in [-0.15, -0.1) is 0 Å². The first kappa shape index (κ1) is 12.6. The van der Waals surface area contributed by atoms with Crippen molar-refractivity contribution >= 4 is 0 Å². The summed E-state index contributed by atoms with van der Waals surface area (Å²) >= 11 is 0. The highest BCUT2D eigenvalue weighted by Crippen LogP contribution is 2.35. The summed E-state index contributed by atoms with van der Waals surface area (Å²) in [6.07, 6.45) is 11.3. The van der Waals surface area contributed by atoms with Crippen LogP contribution in [0.5, 0.6) is 0 Å². The lowest BCUT2D eigenvalue weighted by atomic mass is 9.85. The molecule has 1 aromatic rings. The maximum atomic E-state index is 6.60. The molecule has 1 aromatic heterocycles. The summed E-state index contributed by atoms with van der Waals surface area (Å²) in [5, 5.41) is 4.41. The fourth-order valence-corrected chi connectivity index (χ4v) is 2.80. The van der Waals surface area contributed by atoms with Crippen LogP contribution in [0.1, 0.15) is 57.9 Å². The maximum absolute atomic E-state index is 6.60. The highest BCUT2D eigenvalue weighted by molar-refractivity contribution is 5.18. The Morgan fingerprint density at radius 2 is 2.29 bits per heavy atom. The summed E-state index contributed by atoms with van der Waals surface area (Å²) < 4.78 is 2.03. The molecule has 0 radical (unpaired) electrons. The summed E-state index contributed by atoms with van der Waals surface area (Å²) in [6, 6.07) is 0. The van der Waals surface area contributed by atoms with E-state index in [-0.39, 0.29) is 5.54 Å². The minimum Gasteiger partial charge on any atom is -0.321 e. The van der Waals surface area contributed by atoms with Crippen LogP contribution < -0.4 is 5.73 Å². The molecule has 0 amide bonds. The van der Waals surface area contributed by atoms with E-state index in [1.54, 1.807) is 0 Å². The highest BCUT2D eigenvalue weighted by atomic mass is 15.3. The first-order valence-electron chi connectivity index (χ1n) is 6.96. The van der Waals surface area contributed by atoms with Gasteiger partial charge in [0.2, 0.25) is 0 Å². The average Bonchev–Trinajstić information content (AvgIpc) is 2.69. The van der Waals surface area contributed by atoms with E-state index in [4.69, 9.17) is 5.73 Å². The van der Waals surface area contributed by atoms with Crippen molar-refractivity contribution in [3.63, 3.8) is 0 Å². The predicted molar refractivity (Wildman–Crippen MR) is 70.6 cm³/mol. The maximum Gasteiger partial charge on any atom is 0.0540 e. The Labute approximate surface area is 104 Å². The molecular weight excluding hydrogens is 210 g/mol. The van der Waals surface area contributed by atoms with E-state index in [2.05, 4.69) is 25.1 Å². The molecule has 17 heavy (non-hydrogen) atoms. The lowest BCUT2D eigenvalue weighted by molar-refractivity contribution is 0.377. The number of hydrogen-bond acceptors (Lipinski definition) is 2. The Kier molecular flexibility index (Phi) is 3.87. The van der Waals surface area contributed by atoms with Gasteiger partial charge in [0.05, 0.1) is 6.20 Å². The summed E-state index contributed by atoms with van der Waals surface area (Å²) in [6.45, 7) is 5.51. The Morgan fingerprint density at radius 1 is 1.47 bits per heavy atom. The van der Waals surface area contributed by atoms with Crippen molar-refractivity contribution in [2.45, 2.75) is 64.5 Å². The van der Waals surface area contributed by atoms with E-state index >= 15 is 0 Å². The molecule has 2 atom stereocenters. The van der Waals surface area contributed by atoms with Crippen LogP contribution in [0.3, 0.4) is 0 Å². The standard InChI is InChI=1S/C14H25N3/c1-3-9-17-11-13(10-16-17)14(15)7-4-5-12(2)6-8-14/h10-12H,3-9,15H2,1-2H3. The zero-order valence-corrected chi connectivity index (χ0v) is 11.2. The zero-order chi connectivity index (χ0) is 12.3. The fourth-order valence-electron chi connectivity index (χ4n) is 2.80. The van der Waals surface area contributed by atoms with Crippen LogP contribution in [0, 0.1) is 5.92 Å². The van der Waals surface area contributed by atoms with Gasteiger partial charge in [-0.2, -0.15) is 5.10 Å². The van der Waals surface area contributed by atoms with Crippen molar-refractivity contribution < 1.29 is 0 Å². The molecule has 0 bridgehead atoms. The van der Waals surface area contributed by atoms with Crippen LogP contribution in [0.4, 0.5) is 0 Å². The molecule has 96 valence electrons. The summed E-state index contributed by atoms with van der Waals surface area (Å²) in [7, 11) is 0. The third-order valence-corrected chi connectivity index (χ3v) is 4.06. The number of hydrogen-bond donors (Lipinski definition) is 1. The van der Waals surface area contributed by atoms with E-state index < -0.39 is 0 Å². The molecule has 0 aliphatic heterocycles. The van der Waals surface area contributed by atoms with E-state index in [1.165, 1.54) is 24.8 Å². The molecule has 1 fully saturated rings. The van der Waals surface area contributed by atoms with Crippen LogP contribution in [0.15, 0.2) is 12.4 Å². The summed E-state index contributed by atoms with van der Waals surface area (Å²) in [4.78, 5) is 0. The SMILES string of the molecule is CCCn1cc(C2(N)CCCC(C)CC2)cn1. The van der Waals surface area contributed by atoms with Crippen LogP contribution in [0.2, 0.25) is 0 Å². The molecule has 1 saturated carbocycles. The molecule has 2 rings (SSSR count). The smallest absolute Gasteiger partial charge is 0.0540 e. The number of aryl methyl sites for hydroxylation is 1. The minimum absolute atomic E-state index is 0.128. The van der Waals surface area contributed by atoms with Gasteiger partial charge >= 0.3 is 0 Å². The topological polar surface area (TPSA) is 43.8 Å². The molecule has 1 aliphatic carbocycles. The highest BCUT2D eigenvalue weighted by Gasteiger charge is 2.31. The molecule has 1 aliphatic rings. The third-order valence-electron chi connectivity index (χ3n) is 4.06. The first-order chi connectivity index (χ1) is 8.14. The van der Waals surface area contributed by atoms with Crippen molar-refractivity contribution in [3.05, 3.63) is 18.0 Å². The van der Waals surface area contributed by atoms with Crippen molar-refractivity contribution in [1.82, 2.24) is 9.78 Å². The Morgan fingerprint density at radius 3 is 3.06 bits per heavy atom. The van der Waals surface area contributed by atoms with Crippen LogP contribution in [-0.4, -0.2) is 9.78 Å². The van der Waals surface area contributed by atoms with Crippen molar-refractivity contribution in [2.24, 2.45) is 11.7 Å². The normalized spacial score (nSPS) is 30.2. The summed E-state index contributed by atoms with van der Waals surface area (Å²) in [5.74, 6) is 0.825. The molecule has 2 unspecified atom stereocenters. The molecule has 0 saturated heterocycles.